The molecule has 0 bridgehead atoms. The second-order valence-corrected chi connectivity index (χ2v) is 3.34. The Kier molecular flexibility index (Phi) is 6.08. The van der Waals surface area contributed by atoms with Crippen molar-refractivity contribution in [1.82, 2.24) is 5.32 Å². The first kappa shape index (κ1) is 12.7. The van der Waals surface area contributed by atoms with E-state index in [-0.39, 0.29) is 24.3 Å². The van der Waals surface area contributed by atoms with Gasteiger partial charge < -0.3 is 10.1 Å². The molecule has 13 heavy (non-hydrogen) atoms. The van der Waals surface area contributed by atoms with Crippen LogP contribution in [0.15, 0.2) is 0 Å². The smallest absolute Gasteiger partial charge is 0.310 e. The summed E-state index contributed by atoms with van der Waals surface area (Å²) in [4.78, 5) is 11.2. The number of methoxy groups -OCH3 is 1. The number of carbonyl (C=O) groups excluding carboxylic acids is 1. The van der Waals surface area contributed by atoms with Gasteiger partial charge in [0.25, 0.3) is 0 Å². The van der Waals surface area contributed by atoms with Gasteiger partial charge in [-0.3, -0.25) is 4.79 Å². The molecule has 3 nitrogen and oxygen atoms in total. The second kappa shape index (κ2) is 6.22. The molecule has 0 aromatic rings. The third kappa shape index (κ3) is 3.16. The molecule has 4 heteroatoms. The van der Waals surface area contributed by atoms with Crippen molar-refractivity contribution < 1.29 is 9.53 Å². The summed E-state index contributed by atoms with van der Waals surface area (Å²) in [5.74, 6) is 0.524. The minimum atomic E-state index is -0.0570. The molecule has 1 rings (SSSR count). The topological polar surface area (TPSA) is 38.3 Å². The highest BCUT2D eigenvalue weighted by molar-refractivity contribution is 5.85. The summed E-state index contributed by atoms with van der Waals surface area (Å²) in [6.45, 7) is 3.90. The first-order valence-electron chi connectivity index (χ1n) is 4.58. The molecule has 1 saturated heterocycles. The predicted octanol–water partition coefficient (Wildman–Crippen LogP) is 1.22. The number of hydrogen-bond donors (Lipinski definition) is 1. The van der Waals surface area contributed by atoms with Gasteiger partial charge in [0.15, 0.2) is 0 Å². The van der Waals surface area contributed by atoms with Gasteiger partial charge >= 0.3 is 5.97 Å². The van der Waals surface area contributed by atoms with Crippen LogP contribution >= 0.6 is 12.4 Å². The third-order valence-electron chi connectivity index (χ3n) is 2.50. The molecule has 0 spiro atoms. The van der Waals surface area contributed by atoms with Gasteiger partial charge in [-0.25, -0.2) is 0 Å². The van der Waals surface area contributed by atoms with Crippen LogP contribution in [-0.4, -0.2) is 26.2 Å². The fourth-order valence-electron chi connectivity index (χ4n) is 1.83. The Labute approximate surface area is 85.6 Å². The van der Waals surface area contributed by atoms with E-state index in [1.807, 2.05) is 0 Å². The molecule has 1 fully saturated rings. The maximum absolute atomic E-state index is 11.2. The van der Waals surface area contributed by atoms with Gasteiger partial charge in [-0.05, 0) is 18.9 Å². The lowest BCUT2D eigenvalue weighted by Crippen LogP contribution is -2.23. The molecule has 0 amide bonds. The lowest BCUT2D eigenvalue weighted by Gasteiger charge is -2.14. The highest BCUT2D eigenvalue weighted by Gasteiger charge is 2.32. The van der Waals surface area contributed by atoms with Crippen LogP contribution in [0.2, 0.25) is 0 Å². The summed E-state index contributed by atoms with van der Waals surface area (Å²) in [5, 5.41) is 3.22. The van der Waals surface area contributed by atoms with Crippen molar-refractivity contribution >= 4 is 18.4 Å². The van der Waals surface area contributed by atoms with Gasteiger partial charge in [0, 0.05) is 6.54 Å². The van der Waals surface area contributed by atoms with Crippen LogP contribution in [0.4, 0.5) is 0 Å². The van der Waals surface area contributed by atoms with Crippen molar-refractivity contribution in [3.05, 3.63) is 0 Å². The standard InChI is InChI=1S/C9H17NO2.ClH/c1-3-4-7-5-10-6-8(7)9(11)12-2;/h7-8,10H,3-6H2,1-2H3;1H/t7-,8-;/m1./s1. The van der Waals surface area contributed by atoms with Crippen molar-refractivity contribution in [3.63, 3.8) is 0 Å². The summed E-state index contributed by atoms with van der Waals surface area (Å²) < 4.78 is 4.73. The molecule has 0 radical (unpaired) electrons. The fraction of sp³-hybridized carbons (Fsp3) is 0.889. The summed E-state index contributed by atoms with van der Waals surface area (Å²) in [6.07, 6.45) is 2.26. The molecule has 2 atom stereocenters. The Morgan fingerprint density at radius 3 is 2.77 bits per heavy atom. The molecular weight excluding hydrogens is 190 g/mol. The molecule has 0 aromatic heterocycles. The van der Waals surface area contributed by atoms with Gasteiger partial charge in [0.1, 0.15) is 0 Å². The van der Waals surface area contributed by atoms with Gasteiger partial charge in [0.05, 0.1) is 13.0 Å². The van der Waals surface area contributed by atoms with Crippen molar-refractivity contribution in [2.45, 2.75) is 19.8 Å². The number of ether oxygens (including phenoxy) is 1. The van der Waals surface area contributed by atoms with E-state index in [2.05, 4.69) is 12.2 Å². The highest BCUT2D eigenvalue weighted by atomic mass is 35.5. The summed E-state index contributed by atoms with van der Waals surface area (Å²) in [7, 11) is 1.46. The monoisotopic (exact) mass is 207 g/mol. The average Bonchev–Trinajstić information content (AvgIpc) is 2.52. The van der Waals surface area contributed by atoms with Gasteiger partial charge in [-0.15, -0.1) is 12.4 Å². The molecule has 1 aliphatic heterocycles. The van der Waals surface area contributed by atoms with Crippen LogP contribution in [0, 0.1) is 11.8 Å². The Morgan fingerprint density at radius 1 is 1.54 bits per heavy atom. The first-order valence-corrected chi connectivity index (χ1v) is 4.58. The van der Waals surface area contributed by atoms with Crippen LogP contribution in [0.5, 0.6) is 0 Å². The van der Waals surface area contributed by atoms with Crippen molar-refractivity contribution in [1.29, 1.82) is 0 Å². The molecule has 0 aliphatic carbocycles. The van der Waals surface area contributed by atoms with Crippen molar-refractivity contribution in [3.8, 4) is 0 Å². The van der Waals surface area contributed by atoms with E-state index in [1.54, 1.807) is 0 Å². The van der Waals surface area contributed by atoms with Gasteiger partial charge in [-0.2, -0.15) is 0 Å². The number of nitrogens with one attached hydrogen (secondary N) is 1. The molecule has 0 unspecified atom stereocenters. The predicted molar refractivity (Wildman–Crippen MR) is 54.0 cm³/mol. The number of esters is 1. The van der Waals surface area contributed by atoms with Crippen LogP contribution in [0.1, 0.15) is 19.8 Å². The molecule has 78 valence electrons. The Hall–Kier alpha value is -0.280. The van der Waals surface area contributed by atoms with E-state index in [1.165, 1.54) is 7.11 Å². The molecule has 1 aliphatic rings. The number of carbonyl (C=O) groups is 1. The van der Waals surface area contributed by atoms with Crippen molar-refractivity contribution in [2.75, 3.05) is 20.2 Å². The average molecular weight is 208 g/mol. The fourth-order valence-corrected chi connectivity index (χ4v) is 1.83. The van der Waals surface area contributed by atoms with Crippen molar-refractivity contribution in [2.24, 2.45) is 11.8 Å². The first-order chi connectivity index (χ1) is 5.79. The number of hydrogen-bond acceptors (Lipinski definition) is 3. The second-order valence-electron chi connectivity index (χ2n) is 3.34. The normalized spacial score (nSPS) is 26.6. The van der Waals surface area contributed by atoms with Gasteiger partial charge in [-0.1, -0.05) is 13.3 Å². The summed E-state index contributed by atoms with van der Waals surface area (Å²) >= 11 is 0. The quantitative estimate of drug-likeness (QED) is 0.708. The zero-order valence-electron chi connectivity index (χ0n) is 8.21. The van der Waals surface area contributed by atoms with E-state index in [0.717, 1.165) is 25.9 Å². The largest absolute Gasteiger partial charge is 0.469 e. The molecule has 0 aromatic carbocycles. The van der Waals surface area contributed by atoms with Crippen LogP contribution in [-0.2, 0) is 9.53 Å². The van der Waals surface area contributed by atoms with Crippen LogP contribution in [0.3, 0.4) is 0 Å². The van der Waals surface area contributed by atoms with Crippen LogP contribution in [0.25, 0.3) is 0 Å². The van der Waals surface area contributed by atoms with E-state index >= 15 is 0 Å². The Balaban J connectivity index is 0.00000144. The minimum Gasteiger partial charge on any atom is -0.469 e. The zero-order chi connectivity index (χ0) is 8.97. The van der Waals surface area contributed by atoms with Gasteiger partial charge in [0.2, 0.25) is 0 Å². The molecule has 1 heterocycles. The lowest BCUT2D eigenvalue weighted by atomic mass is 9.92. The summed E-state index contributed by atoms with van der Waals surface area (Å²) in [5.41, 5.74) is 0. The Bertz CT molecular complexity index is 164. The third-order valence-corrected chi connectivity index (χ3v) is 2.50. The van der Waals surface area contributed by atoms with E-state index in [0.29, 0.717) is 5.92 Å². The molecule has 1 N–H and O–H groups in total. The maximum atomic E-state index is 11.2. The maximum Gasteiger partial charge on any atom is 0.310 e. The molecule has 0 saturated carbocycles. The van der Waals surface area contributed by atoms with E-state index in [4.69, 9.17) is 4.74 Å². The SMILES string of the molecule is CCC[C@@H]1CNC[C@H]1C(=O)OC.Cl. The highest BCUT2D eigenvalue weighted by Crippen LogP contribution is 2.22. The summed E-state index contributed by atoms with van der Waals surface area (Å²) in [6, 6.07) is 0. The number of halogens is 1. The Morgan fingerprint density at radius 2 is 2.23 bits per heavy atom. The van der Waals surface area contributed by atoms with Crippen LogP contribution < -0.4 is 5.32 Å². The van der Waals surface area contributed by atoms with E-state index in [9.17, 15) is 4.79 Å². The molecular formula is C9H18ClNO2. The zero-order valence-corrected chi connectivity index (χ0v) is 9.02. The van der Waals surface area contributed by atoms with E-state index < -0.39 is 0 Å². The minimum absolute atomic E-state index is 0. The lowest BCUT2D eigenvalue weighted by molar-refractivity contribution is -0.146. The number of rotatable bonds is 3.